The van der Waals surface area contributed by atoms with E-state index in [1.807, 2.05) is 13.8 Å². The van der Waals surface area contributed by atoms with Gasteiger partial charge in [-0.15, -0.1) is 0 Å². The first kappa shape index (κ1) is 15.5. The van der Waals surface area contributed by atoms with Crippen molar-refractivity contribution in [3.05, 3.63) is 58.6 Å². The molecule has 0 spiro atoms. The van der Waals surface area contributed by atoms with Gasteiger partial charge in [0.1, 0.15) is 17.2 Å². The van der Waals surface area contributed by atoms with E-state index in [1.165, 1.54) is 18.2 Å². The predicted molar refractivity (Wildman–Crippen MR) is 82.7 cm³/mol. The third-order valence-corrected chi connectivity index (χ3v) is 3.38. The van der Waals surface area contributed by atoms with E-state index in [4.69, 9.17) is 16.0 Å². The fraction of sp³-hybridized carbons (Fsp3) is 0.176. The molecule has 0 N–H and O–H groups in total. The van der Waals surface area contributed by atoms with Crippen LogP contribution < -0.4 is 0 Å². The molecule has 0 aliphatic carbocycles. The summed E-state index contributed by atoms with van der Waals surface area (Å²) in [5.74, 6) is -0.295. The molecular weight excluding hydrogens is 294 g/mol. The van der Waals surface area contributed by atoms with Crippen LogP contribution in [0, 0.1) is 18.6 Å². The standard InChI is InChI=1S/C15H9ClF2O.C2H6/c1-8-13-12(7-6-11(16)14(13)18)19-15(8)9-2-4-10(17)5-3-9;1-2/h2-7H,1H3;1-2H3. The van der Waals surface area contributed by atoms with Crippen molar-refractivity contribution >= 4 is 22.6 Å². The molecule has 4 heteroatoms. The summed E-state index contributed by atoms with van der Waals surface area (Å²) in [4.78, 5) is 0. The number of fused-ring (bicyclic) bond motifs is 1. The normalized spacial score (nSPS) is 10.4. The van der Waals surface area contributed by atoms with E-state index in [9.17, 15) is 8.78 Å². The Labute approximate surface area is 127 Å². The van der Waals surface area contributed by atoms with Crippen LogP contribution >= 0.6 is 11.6 Å². The van der Waals surface area contributed by atoms with Crippen LogP contribution in [-0.4, -0.2) is 0 Å². The van der Waals surface area contributed by atoms with Gasteiger partial charge in [0.25, 0.3) is 0 Å². The van der Waals surface area contributed by atoms with Crippen molar-refractivity contribution in [3.63, 3.8) is 0 Å². The monoisotopic (exact) mass is 308 g/mol. The van der Waals surface area contributed by atoms with E-state index in [1.54, 1.807) is 25.1 Å². The highest BCUT2D eigenvalue weighted by Gasteiger charge is 2.17. The van der Waals surface area contributed by atoms with Crippen LogP contribution in [0.4, 0.5) is 8.78 Å². The third-order valence-electron chi connectivity index (χ3n) is 3.09. The number of furan rings is 1. The molecule has 1 aromatic heterocycles. The summed E-state index contributed by atoms with van der Waals surface area (Å²) in [6.45, 7) is 5.75. The Morgan fingerprint density at radius 3 is 2.19 bits per heavy atom. The van der Waals surface area contributed by atoms with E-state index in [0.29, 0.717) is 27.9 Å². The quantitative estimate of drug-likeness (QED) is 0.509. The van der Waals surface area contributed by atoms with Gasteiger partial charge in [0.15, 0.2) is 5.82 Å². The minimum Gasteiger partial charge on any atom is -0.456 e. The van der Waals surface area contributed by atoms with Crippen molar-refractivity contribution in [1.82, 2.24) is 0 Å². The minimum atomic E-state index is -0.492. The van der Waals surface area contributed by atoms with Crippen molar-refractivity contribution < 1.29 is 13.2 Å². The first-order valence-corrected chi connectivity index (χ1v) is 7.09. The van der Waals surface area contributed by atoms with Crippen LogP contribution in [0.3, 0.4) is 0 Å². The van der Waals surface area contributed by atoms with Crippen LogP contribution in [0.25, 0.3) is 22.3 Å². The molecule has 0 saturated heterocycles. The minimum absolute atomic E-state index is 0.0575. The van der Waals surface area contributed by atoms with Crippen LogP contribution in [-0.2, 0) is 0 Å². The zero-order valence-electron chi connectivity index (χ0n) is 12.0. The summed E-state index contributed by atoms with van der Waals surface area (Å²) in [7, 11) is 0. The Hall–Kier alpha value is -1.87. The number of aryl methyl sites for hydroxylation is 1. The Kier molecular flexibility index (Phi) is 4.63. The smallest absolute Gasteiger partial charge is 0.153 e. The maximum atomic E-state index is 14.0. The molecule has 1 heterocycles. The average molecular weight is 309 g/mol. The molecule has 0 saturated carbocycles. The molecule has 2 aromatic carbocycles. The van der Waals surface area contributed by atoms with Gasteiger partial charge in [0.2, 0.25) is 0 Å². The SMILES string of the molecule is CC.Cc1c(-c2ccc(F)cc2)oc2ccc(Cl)c(F)c12. The molecule has 0 bridgehead atoms. The lowest BCUT2D eigenvalue weighted by atomic mass is 10.1. The second kappa shape index (κ2) is 6.27. The number of halogens is 3. The Bertz CT molecular complexity index is 761. The Morgan fingerprint density at radius 1 is 0.952 bits per heavy atom. The van der Waals surface area contributed by atoms with Gasteiger partial charge >= 0.3 is 0 Å². The molecule has 0 aliphatic heterocycles. The fourth-order valence-electron chi connectivity index (χ4n) is 2.14. The topological polar surface area (TPSA) is 13.1 Å². The zero-order valence-corrected chi connectivity index (χ0v) is 12.8. The van der Waals surface area contributed by atoms with E-state index in [-0.39, 0.29) is 10.8 Å². The van der Waals surface area contributed by atoms with Crippen molar-refractivity contribution in [2.45, 2.75) is 20.8 Å². The average Bonchev–Trinajstić information content (AvgIpc) is 2.84. The molecule has 3 rings (SSSR count). The molecule has 1 nitrogen and oxygen atoms in total. The molecule has 0 aliphatic rings. The third kappa shape index (κ3) is 2.79. The predicted octanol–water partition coefficient (Wildman–Crippen LogP) is 6.37. The van der Waals surface area contributed by atoms with Crippen molar-refractivity contribution in [2.24, 2.45) is 0 Å². The van der Waals surface area contributed by atoms with E-state index in [2.05, 4.69) is 0 Å². The molecule has 0 unspecified atom stereocenters. The lowest BCUT2D eigenvalue weighted by molar-refractivity contribution is 0.618. The summed E-state index contributed by atoms with van der Waals surface area (Å²) >= 11 is 5.77. The van der Waals surface area contributed by atoms with Crippen LogP contribution in [0.5, 0.6) is 0 Å². The lowest BCUT2D eigenvalue weighted by Crippen LogP contribution is -1.82. The number of hydrogen-bond donors (Lipinski definition) is 0. The second-order valence-corrected chi connectivity index (χ2v) is 4.70. The van der Waals surface area contributed by atoms with E-state index in [0.717, 1.165) is 0 Å². The first-order valence-electron chi connectivity index (χ1n) is 6.71. The number of hydrogen-bond acceptors (Lipinski definition) is 1. The highest BCUT2D eigenvalue weighted by molar-refractivity contribution is 6.31. The van der Waals surface area contributed by atoms with Crippen molar-refractivity contribution in [1.29, 1.82) is 0 Å². The summed E-state index contributed by atoms with van der Waals surface area (Å²) in [5, 5.41) is 0.425. The van der Waals surface area contributed by atoms with Gasteiger partial charge in [0, 0.05) is 11.1 Å². The fourth-order valence-corrected chi connectivity index (χ4v) is 2.30. The van der Waals surface area contributed by atoms with Crippen molar-refractivity contribution in [3.8, 4) is 11.3 Å². The molecule has 0 atom stereocenters. The van der Waals surface area contributed by atoms with Gasteiger partial charge in [-0.3, -0.25) is 0 Å². The molecule has 0 amide bonds. The maximum absolute atomic E-state index is 14.0. The van der Waals surface area contributed by atoms with E-state index >= 15 is 0 Å². The second-order valence-electron chi connectivity index (χ2n) is 4.30. The van der Waals surface area contributed by atoms with Crippen molar-refractivity contribution in [2.75, 3.05) is 0 Å². The first-order chi connectivity index (χ1) is 10.1. The van der Waals surface area contributed by atoms with Gasteiger partial charge in [-0.2, -0.15) is 0 Å². The van der Waals surface area contributed by atoms with Crippen LogP contribution in [0.1, 0.15) is 19.4 Å². The zero-order chi connectivity index (χ0) is 15.6. The maximum Gasteiger partial charge on any atom is 0.153 e. The molecule has 110 valence electrons. The van der Waals surface area contributed by atoms with Gasteiger partial charge in [0.05, 0.1) is 10.4 Å². The molecular formula is C17H15ClF2O. The summed E-state index contributed by atoms with van der Waals surface area (Å²) in [6, 6.07) is 8.95. The largest absolute Gasteiger partial charge is 0.456 e. The molecule has 21 heavy (non-hydrogen) atoms. The molecule has 0 fully saturated rings. The summed E-state index contributed by atoms with van der Waals surface area (Å²) in [5.41, 5.74) is 1.78. The summed E-state index contributed by atoms with van der Waals surface area (Å²) < 4.78 is 32.6. The highest BCUT2D eigenvalue weighted by atomic mass is 35.5. The van der Waals surface area contributed by atoms with Gasteiger partial charge in [-0.1, -0.05) is 25.4 Å². The van der Waals surface area contributed by atoms with Crippen LogP contribution in [0.15, 0.2) is 40.8 Å². The number of benzene rings is 2. The molecule has 0 radical (unpaired) electrons. The van der Waals surface area contributed by atoms with E-state index < -0.39 is 5.82 Å². The number of rotatable bonds is 1. The van der Waals surface area contributed by atoms with Crippen LogP contribution in [0.2, 0.25) is 5.02 Å². The molecule has 3 aromatic rings. The van der Waals surface area contributed by atoms with Gasteiger partial charge in [-0.05, 0) is 43.3 Å². The lowest BCUT2D eigenvalue weighted by Gasteiger charge is -1.98. The Balaban J connectivity index is 0.000000774. The highest BCUT2D eigenvalue weighted by Crippen LogP contribution is 2.36. The summed E-state index contributed by atoms with van der Waals surface area (Å²) in [6.07, 6.45) is 0. The Morgan fingerprint density at radius 2 is 1.57 bits per heavy atom. The van der Waals surface area contributed by atoms with Gasteiger partial charge < -0.3 is 4.42 Å². The van der Waals surface area contributed by atoms with Gasteiger partial charge in [-0.25, -0.2) is 8.78 Å².